The van der Waals surface area contributed by atoms with Crippen LogP contribution < -0.4 is 0 Å². The van der Waals surface area contributed by atoms with Crippen LogP contribution in [0.15, 0.2) is 48.5 Å². The summed E-state index contributed by atoms with van der Waals surface area (Å²) in [5, 5.41) is 19.6. The lowest BCUT2D eigenvalue weighted by atomic mass is 10.1. The summed E-state index contributed by atoms with van der Waals surface area (Å²) >= 11 is 0. The van der Waals surface area contributed by atoms with Gasteiger partial charge in [0.2, 0.25) is 0 Å². The molecule has 3 aromatic rings. The van der Waals surface area contributed by atoms with Gasteiger partial charge in [-0.3, -0.25) is 0 Å². The Morgan fingerprint density at radius 1 is 1.19 bits per heavy atom. The highest BCUT2D eigenvalue weighted by Crippen LogP contribution is 2.28. The van der Waals surface area contributed by atoms with Gasteiger partial charge in [0.15, 0.2) is 0 Å². The maximum atomic E-state index is 11.6. The van der Waals surface area contributed by atoms with Gasteiger partial charge in [-0.2, -0.15) is 5.26 Å². The van der Waals surface area contributed by atoms with Crippen LogP contribution in [0, 0.1) is 18.3 Å². The molecule has 0 aliphatic carbocycles. The van der Waals surface area contributed by atoms with E-state index in [2.05, 4.69) is 6.07 Å². The topological polar surface area (TPSA) is 66.0 Å². The number of para-hydroxylation sites is 1. The zero-order chi connectivity index (χ0) is 15.0. The maximum absolute atomic E-state index is 11.6. The number of aromatic nitrogens is 1. The summed E-state index contributed by atoms with van der Waals surface area (Å²) in [4.78, 5) is 11.6. The average Bonchev–Trinajstić information content (AvgIpc) is 2.88. The Balaban J connectivity index is 2.46. The number of nitrogens with zero attached hydrogens (tertiary/aromatic N) is 2. The highest BCUT2D eigenvalue weighted by Gasteiger charge is 2.18. The standard InChI is InChI=1S/C17H12N2O2/c1-11-5-4-8-15-13(11)9-16(17(20)21)19(15)14-7-3-2-6-12(14)10-18/h2-9H,1H3,(H,20,21). The van der Waals surface area contributed by atoms with Crippen LogP contribution in [-0.4, -0.2) is 15.6 Å². The molecular weight excluding hydrogens is 264 g/mol. The summed E-state index contributed by atoms with van der Waals surface area (Å²) in [7, 11) is 0. The van der Waals surface area contributed by atoms with Crippen molar-refractivity contribution >= 4 is 16.9 Å². The molecule has 0 saturated heterocycles. The van der Waals surface area contributed by atoms with E-state index >= 15 is 0 Å². The van der Waals surface area contributed by atoms with Crippen molar-refractivity contribution in [3.05, 3.63) is 65.4 Å². The first kappa shape index (κ1) is 12.9. The van der Waals surface area contributed by atoms with E-state index < -0.39 is 5.97 Å². The quantitative estimate of drug-likeness (QED) is 0.778. The van der Waals surface area contributed by atoms with Crippen molar-refractivity contribution in [1.29, 1.82) is 5.26 Å². The monoisotopic (exact) mass is 276 g/mol. The molecule has 0 atom stereocenters. The number of fused-ring (bicyclic) bond motifs is 1. The number of carboxylic acid groups (broad SMARTS) is 1. The molecule has 0 fully saturated rings. The minimum absolute atomic E-state index is 0.155. The second-order valence-corrected chi connectivity index (χ2v) is 4.81. The summed E-state index contributed by atoms with van der Waals surface area (Å²) in [5.41, 5.74) is 2.97. The summed E-state index contributed by atoms with van der Waals surface area (Å²) in [5.74, 6) is -1.02. The van der Waals surface area contributed by atoms with Gasteiger partial charge in [-0.05, 0) is 36.8 Å². The van der Waals surface area contributed by atoms with Gasteiger partial charge >= 0.3 is 5.97 Å². The highest BCUT2D eigenvalue weighted by atomic mass is 16.4. The second-order valence-electron chi connectivity index (χ2n) is 4.81. The number of rotatable bonds is 2. The second kappa shape index (κ2) is 4.80. The van der Waals surface area contributed by atoms with Crippen LogP contribution in [0.1, 0.15) is 21.6 Å². The van der Waals surface area contributed by atoms with Crippen LogP contribution in [0.3, 0.4) is 0 Å². The predicted octanol–water partition coefficient (Wildman–Crippen LogP) is 3.51. The molecule has 2 aromatic carbocycles. The Hall–Kier alpha value is -3.06. The van der Waals surface area contributed by atoms with E-state index in [4.69, 9.17) is 0 Å². The number of hydrogen-bond acceptors (Lipinski definition) is 2. The molecule has 21 heavy (non-hydrogen) atoms. The van der Waals surface area contributed by atoms with Crippen LogP contribution in [0.25, 0.3) is 16.6 Å². The zero-order valence-electron chi connectivity index (χ0n) is 11.4. The molecule has 1 heterocycles. The first-order valence-corrected chi connectivity index (χ1v) is 6.47. The molecule has 4 nitrogen and oxygen atoms in total. The van der Waals surface area contributed by atoms with Gasteiger partial charge in [0, 0.05) is 5.39 Å². The number of carbonyl (C=O) groups is 1. The Bertz CT molecular complexity index is 901. The Morgan fingerprint density at radius 3 is 2.67 bits per heavy atom. The molecular formula is C17H12N2O2. The molecule has 102 valence electrons. The molecule has 0 bridgehead atoms. The molecule has 1 N–H and O–H groups in total. The molecule has 0 saturated carbocycles. The fourth-order valence-corrected chi connectivity index (χ4v) is 2.56. The third-order valence-electron chi connectivity index (χ3n) is 3.55. The van der Waals surface area contributed by atoms with Crippen molar-refractivity contribution < 1.29 is 9.90 Å². The van der Waals surface area contributed by atoms with E-state index in [1.54, 1.807) is 34.9 Å². The lowest BCUT2D eigenvalue weighted by Crippen LogP contribution is -2.07. The smallest absolute Gasteiger partial charge is 0.352 e. The van der Waals surface area contributed by atoms with Gasteiger partial charge in [0.05, 0.1) is 16.8 Å². The summed E-state index contributed by atoms with van der Waals surface area (Å²) in [6, 6.07) is 16.5. The van der Waals surface area contributed by atoms with Crippen LogP contribution >= 0.6 is 0 Å². The first-order valence-electron chi connectivity index (χ1n) is 6.47. The number of hydrogen-bond donors (Lipinski definition) is 1. The van der Waals surface area contributed by atoms with Gasteiger partial charge in [0.1, 0.15) is 11.8 Å². The highest BCUT2D eigenvalue weighted by molar-refractivity contribution is 5.97. The number of nitriles is 1. The summed E-state index contributed by atoms with van der Waals surface area (Å²) in [6.45, 7) is 1.94. The molecule has 0 unspecified atom stereocenters. The van der Waals surface area contributed by atoms with Crippen LogP contribution in [0.4, 0.5) is 0 Å². The molecule has 0 amide bonds. The number of aryl methyl sites for hydroxylation is 1. The van der Waals surface area contributed by atoms with Gasteiger partial charge in [-0.15, -0.1) is 0 Å². The third-order valence-corrected chi connectivity index (χ3v) is 3.55. The molecule has 0 spiro atoms. The minimum atomic E-state index is -1.02. The van der Waals surface area contributed by atoms with Gasteiger partial charge in [-0.1, -0.05) is 24.3 Å². The normalized spacial score (nSPS) is 10.5. The Morgan fingerprint density at radius 2 is 1.95 bits per heavy atom. The maximum Gasteiger partial charge on any atom is 0.352 e. The molecule has 4 heteroatoms. The largest absolute Gasteiger partial charge is 0.477 e. The zero-order valence-corrected chi connectivity index (χ0v) is 11.4. The number of carboxylic acids is 1. The van der Waals surface area contributed by atoms with Crippen LogP contribution in [0.5, 0.6) is 0 Å². The van der Waals surface area contributed by atoms with Crippen molar-refractivity contribution in [3.8, 4) is 11.8 Å². The van der Waals surface area contributed by atoms with Gasteiger partial charge < -0.3 is 9.67 Å². The van der Waals surface area contributed by atoms with Crippen molar-refractivity contribution in [2.75, 3.05) is 0 Å². The molecule has 0 radical (unpaired) electrons. The Kier molecular flexibility index (Phi) is 2.96. The SMILES string of the molecule is Cc1cccc2c1cc(C(=O)O)n2-c1ccccc1C#N. The van der Waals surface area contributed by atoms with Crippen LogP contribution in [0.2, 0.25) is 0 Å². The predicted molar refractivity (Wildman–Crippen MR) is 79.7 cm³/mol. The minimum Gasteiger partial charge on any atom is -0.477 e. The number of benzene rings is 2. The fraction of sp³-hybridized carbons (Fsp3) is 0.0588. The molecule has 1 aromatic heterocycles. The fourth-order valence-electron chi connectivity index (χ4n) is 2.56. The van der Waals surface area contributed by atoms with Crippen LogP contribution in [-0.2, 0) is 0 Å². The van der Waals surface area contributed by atoms with E-state index in [9.17, 15) is 15.2 Å². The van der Waals surface area contributed by atoms with Gasteiger partial charge in [-0.25, -0.2) is 4.79 Å². The van der Waals surface area contributed by atoms with E-state index in [-0.39, 0.29) is 5.69 Å². The van der Waals surface area contributed by atoms with E-state index in [0.29, 0.717) is 11.3 Å². The van der Waals surface area contributed by atoms with Crippen molar-refractivity contribution in [1.82, 2.24) is 4.57 Å². The van der Waals surface area contributed by atoms with E-state index in [0.717, 1.165) is 16.5 Å². The summed E-state index contributed by atoms with van der Waals surface area (Å²) in [6.07, 6.45) is 0. The number of aromatic carboxylic acids is 1. The van der Waals surface area contributed by atoms with Crippen molar-refractivity contribution in [3.63, 3.8) is 0 Å². The third kappa shape index (κ3) is 1.96. The van der Waals surface area contributed by atoms with E-state index in [1.165, 1.54) is 0 Å². The molecule has 0 aliphatic rings. The van der Waals surface area contributed by atoms with Crippen molar-refractivity contribution in [2.45, 2.75) is 6.92 Å². The molecule has 3 rings (SSSR count). The van der Waals surface area contributed by atoms with Gasteiger partial charge in [0.25, 0.3) is 0 Å². The lowest BCUT2D eigenvalue weighted by Gasteiger charge is -2.10. The summed E-state index contributed by atoms with van der Waals surface area (Å²) < 4.78 is 1.63. The average molecular weight is 276 g/mol. The molecule has 0 aliphatic heterocycles. The Labute approximate surface area is 121 Å². The lowest BCUT2D eigenvalue weighted by molar-refractivity contribution is 0.0688. The van der Waals surface area contributed by atoms with Crippen molar-refractivity contribution in [2.24, 2.45) is 0 Å². The van der Waals surface area contributed by atoms with E-state index in [1.807, 2.05) is 25.1 Å². The first-order chi connectivity index (χ1) is 10.1.